The summed E-state index contributed by atoms with van der Waals surface area (Å²) in [5.74, 6) is -0.715. The Morgan fingerprint density at radius 3 is 1.55 bits per heavy atom. The fraction of sp³-hybridized carbons (Fsp3) is 0.453. The van der Waals surface area contributed by atoms with Gasteiger partial charge in [-0.2, -0.15) is 44.6 Å². The molecular weight excluding hydrogens is 1590 g/mol. The molecule has 0 aliphatic carbocycles. The van der Waals surface area contributed by atoms with Gasteiger partial charge in [0, 0.05) is 6.20 Å². The molecule has 0 bridgehead atoms. The van der Waals surface area contributed by atoms with Gasteiger partial charge in [0.15, 0.2) is 12.0 Å². The topological polar surface area (TPSA) is 614 Å². The number of nitrogens with one attached hydrogen (secondary N) is 2. The molecule has 48 heteroatoms. The van der Waals surface area contributed by atoms with E-state index in [0.717, 1.165) is 19.8 Å². The Hall–Kier alpha value is -8.19. The average molecular weight is 1670 g/mol. The van der Waals surface area contributed by atoms with Gasteiger partial charge in [0.25, 0.3) is 0 Å². The van der Waals surface area contributed by atoms with E-state index in [2.05, 4.69) is 48.6 Å². The fourth-order valence-corrected chi connectivity index (χ4v) is 17.7. The number of phosphoric ester groups is 1. The number of phosphoric acid groups is 3. The minimum absolute atomic E-state index is 0.0946. The molecule has 2 aromatic carbocycles. The number of aliphatic hydroxyl groups is 5. The number of halogens is 1. The van der Waals surface area contributed by atoms with Crippen molar-refractivity contribution in [2.24, 2.45) is 5.92 Å². The number of ether oxygens (including phenoxy) is 5. The van der Waals surface area contributed by atoms with Gasteiger partial charge < -0.3 is 89.3 Å². The summed E-state index contributed by atoms with van der Waals surface area (Å²) in [7, 11) is -25.5. The molecule has 3 saturated heterocycles. The molecule has 3 fully saturated rings. The van der Waals surface area contributed by atoms with E-state index in [1.165, 1.54) is 76.6 Å². The summed E-state index contributed by atoms with van der Waals surface area (Å²) in [6, 6.07) is 28.7. The second-order valence-electron chi connectivity index (χ2n) is 25.6. The summed E-state index contributed by atoms with van der Waals surface area (Å²) >= 11 is 0. The van der Waals surface area contributed by atoms with Crippen molar-refractivity contribution in [1.82, 2.24) is 49.0 Å². The first-order valence-corrected chi connectivity index (χ1v) is 41.5. The molecule has 0 saturated carbocycles. The highest BCUT2D eigenvalue weighted by Gasteiger charge is 2.60. The number of carbonyl (C=O) groups excluding carboxylic acids is 2. The number of hydrogen-bond acceptors (Lipinski definition) is 33. The maximum absolute atomic E-state index is 14.9. The number of para-hydroxylation sites is 2. The standard InChI is InChI=1S/C28H36N5O8P.C23H27N6O8P.C13H19FN3O12P3/c1-4-19(5-2)15-38-27(36)18(3)32-42(37,41-20-9-7-6-8-10-20)39-17-28(16-29)26(35)24(34)25(40-28)23-12-11-22-21(30)13-14-31-33(22)23;1-3-34-22(32)14(2)28-38(33,37-15-7-5-4-6-8-15)35-12-23(11-24)20(31)18(30)19(36-23)16-9-10-17-21(25)26-13-27-29(16)17;1-7-8-3-4-9(17(8)16-6-15-7)11-10(14)12(18)13(2,27-11)5-26-31(22,23)29-32(24,25)28-30(19,20)21/h6-14,18-19,24-26,34-35H,4-5,15,17,30H2,1-3H3,(H,32,37);4-10,13-14,18-20,30-31H,3,12H2,1-2H3,(H,28,33)(H2,25,26,27);3-4,6,10-12,18H,5H2,1-2H3,(H,22,23)(H,24,25)(H2,19,20,21)/t18-,24-,25-,26-,28+,42?;14-,18-,19-,20-,23+,38?;10-,11-,12-,13+/m000/s1. The zero-order valence-corrected chi connectivity index (χ0v) is 64.9. The summed E-state index contributed by atoms with van der Waals surface area (Å²) in [5, 5.41) is 91.4. The molecule has 0 amide bonds. The summed E-state index contributed by atoms with van der Waals surface area (Å²) in [4.78, 5) is 68.6. The van der Waals surface area contributed by atoms with Crippen LogP contribution in [0.5, 0.6) is 11.5 Å². The molecule has 4 unspecified atom stereocenters. The van der Waals surface area contributed by atoms with E-state index in [1.807, 2.05) is 26.0 Å². The Morgan fingerprint density at radius 2 is 1.06 bits per heavy atom. The van der Waals surface area contributed by atoms with Crippen molar-refractivity contribution in [2.75, 3.05) is 44.5 Å². The van der Waals surface area contributed by atoms with Gasteiger partial charge in [-0.05, 0) is 107 Å². The first-order valence-electron chi connectivity index (χ1n) is 33.9. The predicted octanol–water partition coefficient (Wildman–Crippen LogP) is 5.16. The van der Waals surface area contributed by atoms with Crippen LogP contribution in [0.2, 0.25) is 0 Å². The first kappa shape index (κ1) is 87.8. The molecule has 112 heavy (non-hydrogen) atoms. The Labute approximate surface area is 636 Å². The number of nitrogens with zero attached hydrogens (tertiary/aromatic N) is 10. The Kier molecular flexibility index (Phi) is 28.3. The molecule has 15 N–H and O–H groups in total. The lowest BCUT2D eigenvalue weighted by molar-refractivity contribution is -0.147. The molecule has 42 nitrogen and oxygen atoms in total. The zero-order chi connectivity index (χ0) is 82.1. The number of anilines is 2. The molecule has 8 aromatic rings. The minimum atomic E-state index is -5.73. The number of carbonyl (C=O) groups is 2. The van der Waals surface area contributed by atoms with Crippen molar-refractivity contribution in [2.45, 2.75) is 145 Å². The molecule has 608 valence electrons. The Morgan fingerprint density at radius 1 is 0.598 bits per heavy atom. The van der Waals surface area contributed by atoms with Crippen LogP contribution in [0.4, 0.5) is 15.9 Å². The van der Waals surface area contributed by atoms with Crippen LogP contribution in [0.15, 0.2) is 122 Å². The molecule has 3 aliphatic heterocycles. The van der Waals surface area contributed by atoms with E-state index in [0.29, 0.717) is 33.6 Å². The highest BCUT2D eigenvalue weighted by molar-refractivity contribution is 7.66. The van der Waals surface area contributed by atoms with Gasteiger partial charge >= 0.3 is 50.9 Å². The molecule has 6 aromatic heterocycles. The fourth-order valence-electron chi connectivity index (χ4n) is 11.6. The molecule has 0 radical (unpaired) electrons. The maximum atomic E-state index is 14.9. The van der Waals surface area contributed by atoms with Gasteiger partial charge in [0.1, 0.15) is 122 Å². The van der Waals surface area contributed by atoms with Gasteiger partial charge in [-0.25, -0.2) is 50.7 Å². The van der Waals surface area contributed by atoms with Crippen LogP contribution >= 0.6 is 39.0 Å². The second-order valence-corrected chi connectivity index (χ2v) is 33.4. The van der Waals surface area contributed by atoms with Crippen molar-refractivity contribution in [3.63, 3.8) is 0 Å². The molecule has 3 aliphatic rings. The van der Waals surface area contributed by atoms with Crippen molar-refractivity contribution < 1.29 is 137 Å². The number of nitrogens with two attached hydrogens (primary N) is 2. The monoisotopic (exact) mass is 1670 g/mol. The number of esters is 2. The molecular formula is C64H82FN14O28P5. The number of aromatic nitrogens is 8. The minimum Gasteiger partial charge on any atom is -0.465 e. The Bertz CT molecular complexity index is 4960. The third-order valence-corrected chi connectivity index (χ3v) is 24.7. The summed E-state index contributed by atoms with van der Waals surface area (Å²) in [6.45, 7) is 8.98. The van der Waals surface area contributed by atoms with Gasteiger partial charge in [0.2, 0.25) is 11.2 Å². The second kappa shape index (κ2) is 36.1. The molecule has 18 atom stereocenters. The van der Waals surface area contributed by atoms with Crippen molar-refractivity contribution >= 4 is 79.0 Å². The van der Waals surface area contributed by atoms with Crippen molar-refractivity contribution in [3.05, 3.63) is 145 Å². The van der Waals surface area contributed by atoms with Crippen LogP contribution in [0.3, 0.4) is 0 Å². The molecule has 0 spiro atoms. The van der Waals surface area contributed by atoms with Crippen LogP contribution in [0, 0.1) is 35.5 Å². The number of nitrogen functional groups attached to an aromatic ring is 2. The van der Waals surface area contributed by atoms with Gasteiger partial charge in [-0.3, -0.25) is 23.2 Å². The summed E-state index contributed by atoms with van der Waals surface area (Å²) in [6.07, 6.45) is -8.88. The number of rotatable bonds is 31. The van der Waals surface area contributed by atoms with E-state index < -0.39 is 155 Å². The number of hydrogen-bond donors (Lipinski definition) is 13. The van der Waals surface area contributed by atoms with Gasteiger partial charge in [0.05, 0.1) is 59.3 Å². The number of aliphatic hydroxyl groups excluding tert-OH is 5. The lowest BCUT2D eigenvalue weighted by Crippen LogP contribution is -2.46. The maximum Gasteiger partial charge on any atom is 0.490 e. The number of alkyl halides is 1. The van der Waals surface area contributed by atoms with Crippen LogP contribution in [-0.4, -0.2) is 194 Å². The average Bonchev–Trinajstić information content (AvgIpc) is 1.60. The van der Waals surface area contributed by atoms with E-state index in [-0.39, 0.29) is 47.8 Å². The van der Waals surface area contributed by atoms with Crippen molar-refractivity contribution in [1.29, 1.82) is 10.5 Å². The van der Waals surface area contributed by atoms with Crippen molar-refractivity contribution in [3.8, 4) is 23.6 Å². The lowest BCUT2D eigenvalue weighted by atomic mass is 9.96. The quantitative estimate of drug-likeness (QED) is 0.0197. The van der Waals surface area contributed by atoms with Gasteiger partial charge in [-0.15, -0.1) is 0 Å². The highest BCUT2D eigenvalue weighted by Crippen LogP contribution is 2.67. The highest BCUT2D eigenvalue weighted by atomic mass is 31.3. The third kappa shape index (κ3) is 20.5. The number of fused-ring (bicyclic) bond motifs is 3. The van der Waals surface area contributed by atoms with Crippen LogP contribution in [-0.2, 0) is 78.3 Å². The SMILES string of the molecule is CCC(CC)COC(=O)[C@H](C)NP(=O)(OC[C@@]1(C#N)O[C@@H](c2ccc3c(N)ccnn23)[C@H](O)[C@@H]1O)Oc1ccccc1.CCOC(=O)[C@H](C)NP(=O)(OC[C@@]1(C#N)O[C@@H](c2ccc3c(N)ncnn23)[C@H](O)[C@@H]1O)Oc1ccccc1.Cc1ncnn2c([C@@H]3O[C@](C)(COP(=O)(O)OP(=O)(O)OP(=O)(O)O)[C@@H](O)[C@H]3F)ccc12. The van der Waals surface area contributed by atoms with E-state index >= 15 is 0 Å². The van der Waals surface area contributed by atoms with E-state index in [9.17, 15) is 82.6 Å². The smallest absolute Gasteiger partial charge is 0.465 e. The Balaban J connectivity index is 0.000000195. The first-order chi connectivity index (χ1) is 52.7. The van der Waals surface area contributed by atoms with Crippen LogP contribution in [0.1, 0.15) is 95.5 Å². The predicted molar refractivity (Wildman–Crippen MR) is 384 cm³/mol. The van der Waals surface area contributed by atoms with Gasteiger partial charge in [-0.1, -0.05) is 63.1 Å². The molecule has 9 heterocycles. The lowest BCUT2D eigenvalue weighted by Gasteiger charge is -2.28. The number of benzene rings is 2. The number of aryl methyl sites for hydroxylation is 1. The molecule has 11 rings (SSSR count). The zero-order valence-electron chi connectivity index (χ0n) is 60.4. The van der Waals surface area contributed by atoms with E-state index in [4.69, 9.17) is 63.0 Å². The third-order valence-electron chi connectivity index (χ3n) is 17.6. The van der Waals surface area contributed by atoms with Crippen LogP contribution < -0.4 is 30.7 Å². The van der Waals surface area contributed by atoms with E-state index in [1.54, 1.807) is 86.6 Å². The largest absolute Gasteiger partial charge is 0.490 e. The van der Waals surface area contributed by atoms with Crippen LogP contribution in [0.25, 0.3) is 16.6 Å². The number of nitriles is 2. The summed E-state index contributed by atoms with van der Waals surface area (Å²) < 4.78 is 142. The summed E-state index contributed by atoms with van der Waals surface area (Å²) in [5.41, 5.74) is 8.96. The normalized spacial score (nSPS) is 26.4.